The molecule has 4 rings (SSSR count). The van der Waals surface area contributed by atoms with Crippen LogP contribution in [0, 0.1) is 5.82 Å². The van der Waals surface area contributed by atoms with Crippen LogP contribution in [-0.2, 0) is 15.0 Å². The first kappa shape index (κ1) is 25.0. The van der Waals surface area contributed by atoms with Gasteiger partial charge in [-0.2, -0.15) is 0 Å². The summed E-state index contributed by atoms with van der Waals surface area (Å²) in [7, 11) is 2.93. The zero-order valence-electron chi connectivity index (χ0n) is 20.8. The van der Waals surface area contributed by atoms with E-state index in [1.807, 2.05) is 26.8 Å². The third-order valence-electron chi connectivity index (χ3n) is 6.30. The molecular formula is C29H28FNO5. The number of benzene rings is 3. The zero-order valence-corrected chi connectivity index (χ0v) is 20.8. The van der Waals surface area contributed by atoms with Crippen molar-refractivity contribution in [3.05, 3.63) is 94.8 Å². The van der Waals surface area contributed by atoms with E-state index in [0.29, 0.717) is 17.2 Å². The molecule has 1 unspecified atom stereocenters. The number of aliphatic hydroxyl groups is 1. The van der Waals surface area contributed by atoms with E-state index in [-0.39, 0.29) is 22.1 Å². The van der Waals surface area contributed by atoms with Crippen LogP contribution in [0.4, 0.5) is 10.1 Å². The minimum atomic E-state index is -1.21. The number of nitrogens with zero attached hydrogens (tertiary/aromatic N) is 1. The third-order valence-corrected chi connectivity index (χ3v) is 6.30. The predicted octanol–water partition coefficient (Wildman–Crippen LogP) is 5.77. The van der Waals surface area contributed by atoms with Crippen molar-refractivity contribution < 1.29 is 28.6 Å². The van der Waals surface area contributed by atoms with Crippen LogP contribution in [0.3, 0.4) is 0 Å². The second-order valence-electron chi connectivity index (χ2n) is 9.56. The van der Waals surface area contributed by atoms with Crippen LogP contribution >= 0.6 is 0 Å². The van der Waals surface area contributed by atoms with Crippen LogP contribution in [0.15, 0.2) is 72.3 Å². The monoisotopic (exact) mass is 489 g/mol. The molecule has 1 aliphatic heterocycles. The van der Waals surface area contributed by atoms with Gasteiger partial charge in [0.15, 0.2) is 0 Å². The number of hydrogen-bond acceptors (Lipinski definition) is 5. The van der Waals surface area contributed by atoms with Gasteiger partial charge < -0.3 is 14.6 Å². The van der Waals surface area contributed by atoms with E-state index >= 15 is 4.39 Å². The maximum absolute atomic E-state index is 15.1. The summed E-state index contributed by atoms with van der Waals surface area (Å²) < 4.78 is 25.9. The van der Waals surface area contributed by atoms with Crippen LogP contribution < -0.4 is 14.4 Å². The first-order valence-electron chi connectivity index (χ1n) is 11.5. The molecular weight excluding hydrogens is 461 g/mol. The second kappa shape index (κ2) is 9.49. The van der Waals surface area contributed by atoms with Gasteiger partial charge in [0.05, 0.1) is 31.4 Å². The van der Waals surface area contributed by atoms with E-state index in [2.05, 4.69) is 0 Å². The smallest absolute Gasteiger partial charge is 0.300 e. The SMILES string of the molecule is COc1cccc(N2C(=O)C(=O)/C(=C(/O)c3cc(C(C)(C)C)ccc3OC)C2c2ccccc2F)c1. The number of carbonyl (C=O) groups excluding carboxylic acids is 2. The highest BCUT2D eigenvalue weighted by atomic mass is 19.1. The van der Waals surface area contributed by atoms with Gasteiger partial charge in [-0.3, -0.25) is 14.5 Å². The number of anilines is 1. The lowest BCUT2D eigenvalue weighted by atomic mass is 9.85. The lowest BCUT2D eigenvalue weighted by molar-refractivity contribution is -0.132. The molecule has 7 heteroatoms. The molecule has 1 saturated heterocycles. The normalized spacial score (nSPS) is 17.4. The molecule has 0 aliphatic carbocycles. The summed E-state index contributed by atoms with van der Waals surface area (Å²) in [6.45, 7) is 6.04. The number of hydrogen-bond donors (Lipinski definition) is 1. The summed E-state index contributed by atoms with van der Waals surface area (Å²) in [5.74, 6) is -2.08. The van der Waals surface area contributed by atoms with E-state index in [4.69, 9.17) is 9.47 Å². The Balaban J connectivity index is 2.02. The average Bonchev–Trinajstić information content (AvgIpc) is 3.13. The number of methoxy groups -OCH3 is 2. The largest absolute Gasteiger partial charge is 0.507 e. The number of ether oxygens (including phenoxy) is 2. The molecule has 3 aromatic carbocycles. The van der Waals surface area contributed by atoms with Gasteiger partial charge in [-0.05, 0) is 41.3 Å². The van der Waals surface area contributed by atoms with Crippen molar-refractivity contribution in [3.8, 4) is 11.5 Å². The lowest BCUT2D eigenvalue weighted by Gasteiger charge is -2.26. The summed E-state index contributed by atoms with van der Waals surface area (Å²) in [6.07, 6.45) is 0. The van der Waals surface area contributed by atoms with Crippen molar-refractivity contribution in [2.24, 2.45) is 0 Å². The Kier molecular flexibility index (Phi) is 6.59. The standard InChI is InChI=1S/C29H28FNO5/c1-29(2,3)17-13-14-23(36-5)21(15-17)26(32)24-25(20-11-6-7-12-22(20)30)31(28(34)27(24)33)18-9-8-10-19(16-18)35-4/h6-16,25,32H,1-5H3/b26-24+. The third kappa shape index (κ3) is 4.33. The Bertz CT molecular complexity index is 1370. The Morgan fingerprint density at radius 2 is 1.67 bits per heavy atom. The van der Waals surface area contributed by atoms with Gasteiger partial charge in [-0.25, -0.2) is 4.39 Å². The molecule has 186 valence electrons. The Hall–Kier alpha value is -4.13. The molecule has 1 aliphatic rings. The molecule has 1 fully saturated rings. The highest BCUT2D eigenvalue weighted by Crippen LogP contribution is 2.45. The Morgan fingerprint density at radius 3 is 2.31 bits per heavy atom. The second-order valence-corrected chi connectivity index (χ2v) is 9.56. The fraction of sp³-hybridized carbons (Fsp3) is 0.241. The molecule has 0 aromatic heterocycles. The highest BCUT2D eigenvalue weighted by molar-refractivity contribution is 6.51. The minimum absolute atomic E-state index is 0.0759. The topological polar surface area (TPSA) is 76.1 Å². The van der Waals surface area contributed by atoms with Crippen molar-refractivity contribution in [1.82, 2.24) is 0 Å². The molecule has 0 saturated carbocycles. The number of carbonyl (C=O) groups is 2. The predicted molar refractivity (Wildman–Crippen MR) is 136 cm³/mol. The van der Waals surface area contributed by atoms with Crippen molar-refractivity contribution in [2.75, 3.05) is 19.1 Å². The molecule has 1 amide bonds. The molecule has 0 bridgehead atoms. The fourth-order valence-corrected chi connectivity index (χ4v) is 4.35. The molecule has 0 spiro atoms. The van der Waals surface area contributed by atoms with Gasteiger partial charge in [0.25, 0.3) is 11.7 Å². The molecule has 36 heavy (non-hydrogen) atoms. The van der Waals surface area contributed by atoms with Crippen LogP contribution in [0.1, 0.15) is 43.5 Å². The maximum Gasteiger partial charge on any atom is 0.300 e. The van der Waals surface area contributed by atoms with Crippen LogP contribution in [0.2, 0.25) is 0 Å². The van der Waals surface area contributed by atoms with Gasteiger partial charge in [-0.1, -0.05) is 51.1 Å². The maximum atomic E-state index is 15.1. The summed E-state index contributed by atoms with van der Waals surface area (Å²) in [6, 6.07) is 16.6. The lowest BCUT2D eigenvalue weighted by Crippen LogP contribution is -2.29. The molecule has 1 atom stereocenters. The molecule has 6 nitrogen and oxygen atoms in total. The first-order valence-corrected chi connectivity index (χ1v) is 11.5. The number of ketones is 1. The molecule has 3 aromatic rings. The Morgan fingerprint density at radius 1 is 0.944 bits per heavy atom. The summed E-state index contributed by atoms with van der Waals surface area (Å²) >= 11 is 0. The van der Waals surface area contributed by atoms with Gasteiger partial charge in [-0.15, -0.1) is 0 Å². The van der Waals surface area contributed by atoms with Crippen LogP contribution in [0.5, 0.6) is 11.5 Å². The minimum Gasteiger partial charge on any atom is -0.507 e. The molecule has 1 heterocycles. The average molecular weight is 490 g/mol. The summed E-state index contributed by atoms with van der Waals surface area (Å²) in [5.41, 5.74) is 1.05. The van der Waals surface area contributed by atoms with Gasteiger partial charge >= 0.3 is 0 Å². The number of Topliss-reactive ketones (excluding diaryl/α,β-unsaturated/α-hetero) is 1. The summed E-state index contributed by atoms with van der Waals surface area (Å²) in [4.78, 5) is 28.0. The van der Waals surface area contributed by atoms with E-state index in [1.165, 1.54) is 37.3 Å². The van der Waals surface area contributed by atoms with Crippen molar-refractivity contribution in [2.45, 2.75) is 32.2 Å². The number of halogens is 1. The van der Waals surface area contributed by atoms with Crippen molar-refractivity contribution in [3.63, 3.8) is 0 Å². The number of aliphatic hydroxyl groups excluding tert-OH is 1. The Labute approximate surface area is 209 Å². The first-order chi connectivity index (χ1) is 17.1. The van der Waals surface area contributed by atoms with E-state index in [0.717, 1.165) is 5.56 Å². The van der Waals surface area contributed by atoms with Gasteiger partial charge in [0, 0.05) is 17.3 Å². The van der Waals surface area contributed by atoms with Gasteiger partial charge in [0.2, 0.25) is 0 Å². The van der Waals surface area contributed by atoms with E-state index in [1.54, 1.807) is 42.5 Å². The molecule has 0 radical (unpaired) electrons. The van der Waals surface area contributed by atoms with Crippen molar-refractivity contribution >= 4 is 23.1 Å². The fourth-order valence-electron chi connectivity index (χ4n) is 4.35. The van der Waals surface area contributed by atoms with Gasteiger partial charge in [0.1, 0.15) is 23.1 Å². The summed E-state index contributed by atoms with van der Waals surface area (Å²) in [5, 5.41) is 11.6. The van der Waals surface area contributed by atoms with Crippen molar-refractivity contribution in [1.29, 1.82) is 0 Å². The van der Waals surface area contributed by atoms with Crippen LogP contribution in [-0.4, -0.2) is 31.0 Å². The quantitative estimate of drug-likeness (QED) is 0.280. The van der Waals surface area contributed by atoms with E-state index < -0.39 is 29.3 Å². The number of rotatable bonds is 5. The zero-order chi connectivity index (χ0) is 26.2. The van der Waals surface area contributed by atoms with E-state index in [9.17, 15) is 14.7 Å². The highest BCUT2D eigenvalue weighted by Gasteiger charge is 2.48. The molecule has 1 N–H and O–H groups in total. The van der Waals surface area contributed by atoms with Crippen LogP contribution in [0.25, 0.3) is 5.76 Å². The number of amides is 1.